The summed E-state index contributed by atoms with van der Waals surface area (Å²) in [5, 5.41) is 0. The van der Waals surface area contributed by atoms with Crippen molar-refractivity contribution in [1.29, 1.82) is 0 Å². The largest absolute Gasteiger partial charge is 0.437 e. The van der Waals surface area contributed by atoms with Crippen molar-refractivity contribution >= 4 is 39.2 Å². The Labute approximate surface area is 113 Å². The standard InChI is InChI=1S/C15H10BrNO/c16-12-8-5-11(6-9-12)7-10-15-17-13-3-1-2-4-14(13)18-15/h1-10H/b10-7+. The van der Waals surface area contributed by atoms with Crippen molar-refractivity contribution in [3.8, 4) is 0 Å². The first-order valence-electron chi connectivity index (χ1n) is 5.60. The van der Waals surface area contributed by atoms with E-state index in [1.807, 2.05) is 60.7 Å². The first-order chi connectivity index (χ1) is 8.81. The monoisotopic (exact) mass is 299 g/mol. The van der Waals surface area contributed by atoms with Crippen molar-refractivity contribution in [2.75, 3.05) is 0 Å². The molecule has 1 aromatic heterocycles. The topological polar surface area (TPSA) is 26.0 Å². The number of rotatable bonds is 2. The van der Waals surface area contributed by atoms with Gasteiger partial charge < -0.3 is 4.42 Å². The van der Waals surface area contributed by atoms with Crippen LogP contribution >= 0.6 is 15.9 Å². The Morgan fingerprint density at radius 3 is 2.50 bits per heavy atom. The number of aromatic nitrogens is 1. The molecule has 2 nitrogen and oxygen atoms in total. The first-order valence-corrected chi connectivity index (χ1v) is 6.40. The van der Waals surface area contributed by atoms with Crippen LogP contribution in [-0.4, -0.2) is 4.98 Å². The van der Waals surface area contributed by atoms with Gasteiger partial charge in [-0.2, -0.15) is 0 Å². The first kappa shape index (κ1) is 11.2. The molecule has 0 atom stereocenters. The van der Waals surface area contributed by atoms with Crippen molar-refractivity contribution in [3.05, 3.63) is 64.5 Å². The van der Waals surface area contributed by atoms with E-state index in [1.165, 1.54) is 0 Å². The van der Waals surface area contributed by atoms with Crippen LogP contribution < -0.4 is 0 Å². The number of hydrogen-bond donors (Lipinski definition) is 0. The molecule has 3 aromatic rings. The lowest BCUT2D eigenvalue weighted by atomic mass is 10.2. The molecule has 0 aliphatic rings. The molecule has 0 saturated heterocycles. The summed E-state index contributed by atoms with van der Waals surface area (Å²) in [6, 6.07) is 15.8. The minimum absolute atomic E-state index is 0.624. The molecule has 18 heavy (non-hydrogen) atoms. The second kappa shape index (κ2) is 4.78. The summed E-state index contributed by atoms with van der Waals surface area (Å²) in [6.45, 7) is 0. The average molecular weight is 300 g/mol. The highest BCUT2D eigenvalue weighted by molar-refractivity contribution is 9.10. The highest BCUT2D eigenvalue weighted by Gasteiger charge is 2.00. The van der Waals surface area contributed by atoms with E-state index < -0.39 is 0 Å². The molecule has 0 unspecified atom stereocenters. The molecule has 3 rings (SSSR count). The molecule has 0 saturated carbocycles. The highest BCUT2D eigenvalue weighted by atomic mass is 79.9. The number of halogens is 1. The molecule has 0 aliphatic carbocycles. The molecular weight excluding hydrogens is 290 g/mol. The van der Waals surface area contributed by atoms with Gasteiger partial charge in [0.25, 0.3) is 0 Å². The molecule has 0 fully saturated rings. The Morgan fingerprint density at radius 2 is 1.72 bits per heavy atom. The molecule has 2 aromatic carbocycles. The third kappa shape index (κ3) is 2.36. The van der Waals surface area contributed by atoms with Crippen LogP contribution in [-0.2, 0) is 0 Å². The van der Waals surface area contributed by atoms with Crippen LogP contribution in [0, 0.1) is 0 Å². The van der Waals surface area contributed by atoms with Gasteiger partial charge in [0.1, 0.15) is 5.52 Å². The maximum atomic E-state index is 5.61. The minimum atomic E-state index is 0.624. The van der Waals surface area contributed by atoms with E-state index in [9.17, 15) is 0 Å². The molecule has 0 N–H and O–H groups in total. The number of oxazole rings is 1. The van der Waals surface area contributed by atoms with Crippen LogP contribution in [0.5, 0.6) is 0 Å². The van der Waals surface area contributed by atoms with Gasteiger partial charge in [-0.05, 0) is 35.9 Å². The van der Waals surface area contributed by atoms with Crippen LogP contribution in [0.2, 0.25) is 0 Å². The summed E-state index contributed by atoms with van der Waals surface area (Å²) < 4.78 is 6.68. The third-order valence-electron chi connectivity index (χ3n) is 2.60. The molecule has 0 amide bonds. The number of para-hydroxylation sites is 2. The lowest BCUT2D eigenvalue weighted by Gasteiger charge is -1.92. The predicted octanol–water partition coefficient (Wildman–Crippen LogP) is 4.76. The Bertz CT molecular complexity index is 665. The van der Waals surface area contributed by atoms with Gasteiger partial charge in [0, 0.05) is 10.5 Å². The third-order valence-corrected chi connectivity index (χ3v) is 3.13. The van der Waals surface area contributed by atoms with Crippen LogP contribution in [0.1, 0.15) is 11.5 Å². The molecule has 0 spiro atoms. The maximum Gasteiger partial charge on any atom is 0.220 e. The Kier molecular flexibility index (Phi) is 2.99. The second-order valence-corrected chi connectivity index (χ2v) is 4.82. The van der Waals surface area contributed by atoms with E-state index in [2.05, 4.69) is 20.9 Å². The van der Waals surface area contributed by atoms with Gasteiger partial charge in [0.05, 0.1) is 0 Å². The van der Waals surface area contributed by atoms with Crippen molar-refractivity contribution in [2.24, 2.45) is 0 Å². The fourth-order valence-corrected chi connectivity index (χ4v) is 1.97. The predicted molar refractivity (Wildman–Crippen MR) is 77.1 cm³/mol. The summed E-state index contributed by atoms with van der Waals surface area (Å²) in [4.78, 5) is 4.38. The van der Waals surface area contributed by atoms with Gasteiger partial charge in [-0.25, -0.2) is 4.98 Å². The zero-order valence-corrected chi connectivity index (χ0v) is 11.1. The zero-order valence-electron chi connectivity index (χ0n) is 9.51. The van der Waals surface area contributed by atoms with Gasteiger partial charge in [0.15, 0.2) is 5.58 Å². The van der Waals surface area contributed by atoms with Crippen molar-refractivity contribution in [1.82, 2.24) is 4.98 Å². The van der Waals surface area contributed by atoms with Gasteiger partial charge in [-0.15, -0.1) is 0 Å². The second-order valence-electron chi connectivity index (χ2n) is 3.90. The summed E-state index contributed by atoms with van der Waals surface area (Å²) in [7, 11) is 0. The molecule has 3 heteroatoms. The van der Waals surface area contributed by atoms with Crippen molar-refractivity contribution in [2.45, 2.75) is 0 Å². The lowest BCUT2D eigenvalue weighted by molar-refractivity contribution is 0.590. The minimum Gasteiger partial charge on any atom is -0.437 e. The van der Waals surface area contributed by atoms with E-state index in [0.717, 1.165) is 21.1 Å². The van der Waals surface area contributed by atoms with E-state index in [1.54, 1.807) is 0 Å². The zero-order chi connectivity index (χ0) is 12.4. The summed E-state index contributed by atoms with van der Waals surface area (Å²) in [5.41, 5.74) is 2.81. The van der Waals surface area contributed by atoms with Crippen LogP contribution in [0.4, 0.5) is 0 Å². The maximum absolute atomic E-state index is 5.61. The van der Waals surface area contributed by atoms with Crippen LogP contribution in [0.3, 0.4) is 0 Å². The SMILES string of the molecule is Brc1ccc(/C=C/c2nc3ccccc3o2)cc1. The van der Waals surface area contributed by atoms with E-state index >= 15 is 0 Å². The average Bonchev–Trinajstić information content (AvgIpc) is 2.81. The van der Waals surface area contributed by atoms with Gasteiger partial charge in [0.2, 0.25) is 5.89 Å². The molecular formula is C15H10BrNO. The molecule has 0 aliphatic heterocycles. The van der Waals surface area contributed by atoms with Gasteiger partial charge in [-0.3, -0.25) is 0 Å². The summed E-state index contributed by atoms with van der Waals surface area (Å²) >= 11 is 3.41. The normalized spacial score (nSPS) is 11.4. The number of hydrogen-bond acceptors (Lipinski definition) is 2. The smallest absolute Gasteiger partial charge is 0.220 e. The highest BCUT2D eigenvalue weighted by Crippen LogP contribution is 2.17. The summed E-state index contributed by atoms with van der Waals surface area (Å²) in [6.07, 6.45) is 3.86. The Balaban J connectivity index is 1.89. The van der Waals surface area contributed by atoms with E-state index in [4.69, 9.17) is 4.42 Å². The summed E-state index contributed by atoms with van der Waals surface area (Å²) in [5.74, 6) is 0.624. The Hall–Kier alpha value is -1.87. The number of benzene rings is 2. The molecule has 0 radical (unpaired) electrons. The number of fused-ring (bicyclic) bond motifs is 1. The fourth-order valence-electron chi connectivity index (χ4n) is 1.70. The number of nitrogens with zero attached hydrogens (tertiary/aromatic N) is 1. The van der Waals surface area contributed by atoms with Crippen molar-refractivity contribution in [3.63, 3.8) is 0 Å². The quantitative estimate of drug-likeness (QED) is 0.682. The van der Waals surface area contributed by atoms with Gasteiger partial charge >= 0.3 is 0 Å². The van der Waals surface area contributed by atoms with Crippen molar-refractivity contribution < 1.29 is 4.42 Å². The van der Waals surface area contributed by atoms with Gasteiger partial charge in [-0.1, -0.05) is 40.2 Å². The molecule has 0 bridgehead atoms. The van der Waals surface area contributed by atoms with E-state index in [-0.39, 0.29) is 0 Å². The molecule has 1 heterocycles. The van der Waals surface area contributed by atoms with Crippen LogP contribution in [0.25, 0.3) is 23.3 Å². The molecule has 88 valence electrons. The lowest BCUT2D eigenvalue weighted by Crippen LogP contribution is -1.72. The van der Waals surface area contributed by atoms with Crippen LogP contribution in [0.15, 0.2) is 57.4 Å². The Morgan fingerprint density at radius 1 is 0.944 bits per heavy atom. The van der Waals surface area contributed by atoms with E-state index in [0.29, 0.717) is 5.89 Å². The fraction of sp³-hybridized carbons (Fsp3) is 0.